The van der Waals surface area contributed by atoms with Crippen LogP contribution in [0.1, 0.15) is 17.3 Å². The first-order valence-electron chi connectivity index (χ1n) is 5.55. The largest absolute Gasteiger partial charge is 0.493 e. The number of rotatable bonds is 6. The standard InChI is InChI=1S/C12H15ClO5S/c1-9(8-19(13,15)16)7-18-11-5-3-10(4-6-11)12(14)17-2/h3-6,9H,7-8H2,1-2H3. The molecule has 1 atom stereocenters. The van der Waals surface area contributed by atoms with Crippen LogP contribution in [-0.2, 0) is 13.8 Å². The van der Waals surface area contributed by atoms with Crippen molar-refractivity contribution in [2.24, 2.45) is 5.92 Å². The SMILES string of the molecule is COC(=O)c1ccc(OCC(C)CS(=O)(=O)Cl)cc1. The van der Waals surface area contributed by atoms with Crippen molar-refractivity contribution in [3.8, 4) is 5.75 Å². The molecule has 1 rings (SSSR count). The van der Waals surface area contributed by atoms with Crippen LogP contribution < -0.4 is 4.74 Å². The Labute approximate surface area is 116 Å². The van der Waals surface area contributed by atoms with Gasteiger partial charge >= 0.3 is 5.97 Å². The normalized spacial score (nSPS) is 12.8. The van der Waals surface area contributed by atoms with Gasteiger partial charge in [0.05, 0.1) is 25.0 Å². The van der Waals surface area contributed by atoms with Crippen molar-refractivity contribution < 1.29 is 22.7 Å². The first-order chi connectivity index (χ1) is 8.81. The van der Waals surface area contributed by atoms with Gasteiger partial charge in [0.15, 0.2) is 0 Å². The second kappa shape index (κ2) is 6.77. The van der Waals surface area contributed by atoms with Crippen LogP contribution in [0.2, 0.25) is 0 Å². The molecular formula is C12H15ClO5S. The molecule has 0 saturated carbocycles. The summed E-state index contributed by atoms with van der Waals surface area (Å²) in [5.74, 6) is -0.239. The zero-order chi connectivity index (χ0) is 14.5. The third-order valence-corrected chi connectivity index (χ3v) is 3.64. The van der Waals surface area contributed by atoms with Gasteiger partial charge in [-0.3, -0.25) is 0 Å². The number of hydrogen-bond donors (Lipinski definition) is 0. The number of benzene rings is 1. The number of hydrogen-bond acceptors (Lipinski definition) is 5. The van der Waals surface area contributed by atoms with E-state index in [0.29, 0.717) is 11.3 Å². The molecule has 1 unspecified atom stereocenters. The number of carbonyl (C=O) groups is 1. The van der Waals surface area contributed by atoms with Crippen molar-refractivity contribution in [3.63, 3.8) is 0 Å². The van der Waals surface area contributed by atoms with Crippen LogP contribution in [0.3, 0.4) is 0 Å². The molecular weight excluding hydrogens is 292 g/mol. The summed E-state index contributed by atoms with van der Waals surface area (Å²) in [5.41, 5.74) is 0.422. The van der Waals surface area contributed by atoms with E-state index in [1.807, 2.05) is 0 Å². The molecule has 0 aliphatic rings. The first-order valence-corrected chi connectivity index (χ1v) is 8.03. The highest BCUT2D eigenvalue weighted by molar-refractivity contribution is 8.13. The number of methoxy groups -OCH3 is 1. The second-order valence-electron chi connectivity index (χ2n) is 4.14. The topological polar surface area (TPSA) is 69.7 Å². The van der Waals surface area contributed by atoms with Crippen LogP contribution in [-0.4, -0.2) is 33.9 Å². The summed E-state index contributed by atoms with van der Waals surface area (Å²) in [6, 6.07) is 6.39. The van der Waals surface area contributed by atoms with E-state index >= 15 is 0 Å². The maximum atomic E-state index is 11.2. The molecule has 1 aromatic carbocycles. The van der Waals surface area contributed by atoms with Crippen LogP contribution in [0, 0.1) is 5.92 Å². The molecule has 7 heteroatoms. The summed E-state index contributed by atoms with van der Waals surface area (Å²) >= 11 is 0. The summed E-state index contributed by atoms with van der Waals surface area (Å²) in [6.07, 6.45) is 0. The van der Waals surface area contributed by atoms with Crippen LogP contribution >= 0.6 is 10.7 Å². The zero-order valence-corrected chi connectivity index (χ0v) is 12.2. The third kappa shape index (κ3) is 5.94. The Hall–Kier alpha value is -1.27. The average molecular weight is 307 g/mol. The molecule has 1 aromatic rings. The van der Waals surface area contributed by atoms with E-state index < -0.39 is 15.0 Å². The lowest BCUT2D eigenvalue weighted by molar-refractivity contribution is 0.0600. The number of ether oxygens (including phenoxy) is 2. The minimum Gasteiger partial charge on any atom is -0.493 e. The Morgan fingerprint density at radius 3 is 2.37 bits per heavy atom. The second-order valence-corrected chi connectivity index (χ2v) is 6.96. The molecule has 0 aromatic heterocycles. The predicted octanol–water partition coefficient (Wildman–Crippen LogP) is 2.06. The zero-order valence-electron chi connectivity index (χ0n) is 10.6. The molecule has 0 aliphatic carbocycles. The Balaban J connectivity index is 2.52. The van der Waals surface area contributed by atoms with Crippen molar-refractivity contribution >= 4 is 25.7 Å². The summed E-state index contributed by atoms with van der Waals surface area (Å²) in [5, 5.41) is 0. The molecule has 0 radical (unpaired) electrons. The Morgan fingerprint density at radius 1 is 1.32 bits per heavy atom. The number of esters is 1. The van der Waals surface area contributed by atoms with Gasteiger partial charge in [-0.2, -0.15) is 0 Å². The lowest BCUT2D eigenvalue weighted by Crippen LogP contribution is -2.16. The van der Waals surface area contributed by atoms with E-state index in [9.17, 15) is 13.2 Å². The molecule has 0 amide bonds. The fourth-order valence-corrected chi connectivity index (χ4v) is 2.85. The molecule has 19 heavy (non-hydrogen) atoms. The van der Waals surface area contributed by atoms with Crippen LogP contribution in [0.5, 0.6) is 5.75 Å². The van der Waals surface area contributed by atoms with Gasteiger partial charge in [0.25, 0.3) is 0 Å². The third-order valence-electron chi connectivity index (χ3n) is 2.29. The number of halogens is 1. The molecule has 0 N–H and O–H groups in total. The van der Waals surface area contributed by atoms with Gasteiger partial charge in [-0.25, -0.2) is 13.2 Å². The van der Waals surface area contributed by atoms with E-state index in [-0.39, 0.29) is 18.3 Å². The van der Waals surface area contributed by atoms with Gasteiger partial charge in [0.2, 0.25) is 9.05 Å². The van der Waals surface area contributed by atoms with E-state index in [2.05, 4.69) is 4.74 Å². The molecule has 0 saturated heterocycles. The highest BCUT2D eigenvalue weighted by Gasteiger charge is 2.13. The molecule has 0 heterocycles. The molecule has 5 nitrogen and oxygen atoms in total. The molecule has 0 fully saturated rings. The Kier molecular flexibility index (Phi) is 5.62. The van der Waals surface area contributed by atoms with Crippen molar-refractivity contribution in [2.45, 2.75) is 6.92 Å². The summed E-state index contributed by atoms with van der Waals surface area (Å²) < 4.78 is 31.7. The van der Waals surface area contributed by atoms with Crippen molar-refractivity contribution in [1.29, 1.82) is 0 Å². The Bertz CT molecular complexity index is 524. The highest BCUT2D eigenvalue weighted by atomic mass is 35.7. The van der Waals surface area contributed by atoms with Gasteiger partial charge in [-0.1, -0.05) is 6.92 Å². The van der Waals surface area contributed by atoms with E-state index in [1.165, 1.54) is 7.11 Å². The minimum atomic E-state index is -3.52. The van der Waals surface area contributed by atoms with Crippen LogP contribution in [0.25, 0.3) is 0 Å². The fourth-order valence-electron chi connectivity index (χ4n) is 1.43. The lowest BCUT2D eigenvalue weighted by atomic mass is 10.2. The highest BCUT2D eigenvalue weighted by Crippen LogP contribution is 2.15. The van der Waals surface area contributed by atoms with E-state index in [0.717, 1.165) is 0 Å². The van der Waals surface area contributed by atoms with Gasteiger partial charge in [-0.15, -0.1) is 0 Å². The van der Waals surface area contributed by atoms with Gasteiger partial charge < -0.3 is 9.47 Å². The van der Waals surface area contributed by atoms with E-state index in [4.69, 9.17) is 15.4 Å². The monoisotopic (exact) mass is 306 g/mol. The first kappa shape index (κ1) is 15.8. The number of carbonyl (C=O) groups excluding carboxylic acids is 1. The summed E-state index contributed by atoms with van der Waals surface area (Å²) in [6.45, 7) is 1.95. The van der Waals surface area contributed by atoms with Gasteiger partial charge in [0, 0.05) is 16.6 Å². The fraction of sp³-hybridized carbons (Fsp3) is 0.417. The molecule has 0 spiro atoms. The summed E-state index contributed by atoms with van der Waals surface area (Å²) in [7, 11) is 2.94. The lowest BCUT2D eigenvalue weighted by Gasteiger charge is -2.11. The van der Waals surface area contributed by atoms with Crippen molar-refractivity contribution in [3.05, 3.63) is 29.8 Å². The van der Waals surface area contributed by atoms with Gasteiger partial charge in [0.1, 0.15) is 5.75 Å². The summed E-state index contributed by atoms with van der Waals surface area (Å²) in [4.78, 5) is 11.2. The smallest absolute Gasteiger partial charge is 0.337 e. The molecule has 0 bridgehead atoms. The van der Waals surface area contributed by atoms with Crippen molar-refractivity contribution in [2.75, 3.05) is 19.5 Å². The quantitative estimate of drug-likeness (QED) is 0.594. The molecule has 0 aliphatic heterocycles. The molecule has 106 valence electrons. The predicted molar refractivity (Wildman–Crippen MR) is 72.1 cm³/mol. The maximum Gasteiger partial charge on any atom is 0.337 e. The average Bonchev–Trinajstić information content (AvgIpc) is 2.34. The van der Waals surface area contributed by atoms with E-state index in [1.54, 1.807) is 31.2 Å². The van der Waals surface area contributed by atoms with Crippen LogP contribution in [0.4, 0.5) is 0 Å². The minimum absolute atomic E-state index is 0.144. The maximum absolute atomic E-state index is 11.2. The Morgan fingerprint density at radius 2 is 1.89 bits per heavy atom. The van der Waals surface area contributed by atoms with Gasteiger partial charge in [-0.05, 0) is 24.3 Å². The van der Waals surface area contributed by atoms with Crippen LogP contribution in [0.15, 0.2) is 24.3 Å². The van der Waals surface area contributed by atoms with Crippen molar-refractivity contribution in [1.82, 2.24) is 0 Å².